The molecular weight excluding hydrogens is 192 g/mol. The van der Waals surface area contributed by atoms with E-state index >= 15 is 0 Å². The van der Waals surface area contributed by atoms with Crippen molar-refractivity contribution in [3.8, 4) is 0 Å². The molecule has 0 aromatic carbocycles. The third-order valence-corrected chi connectivity index (χ3v) is 1.77. The number of rotatable bonds is 2. The van der Waals surface area contributed by atoms with E-state index in [4.69, 9.17) is 10.5 Å². The van der Waals surface area contributed by atoms with Crippen molar-refractivity contribution in [1.29, 1.82) is 0 Å². The number of thioether (sulfide) groups is 1. The van der Waals surface area contributed by atoms with Crippen LogP contribution < -0.4 is 5.73 Å². The van der Waals surface area contributed by atoms with Gasteiger partial charge in [0.1, 0.15) is 0 Å². The van der Waals surface area contributed by atoms with Gasteiger partial charge in [0.2, 0.25) is 11.1 Å². The zero-order valence-corrected chi connectivity index (χ0v) is 8.17. The van der Waals surface area contributed by atoms with Crippen molar-refractivity contribution in [3.63, 3.8) is 0 Å². The number of anilines is 1. The first kappa shape index (κ1) is 9.85. The number of aromatic nitrogens is 3. The Morgan fingerprint density at radius 1 is 1.77 bits per heavy atom. The summed E-state index contributed by atoms with van der Waals surface area (Å²) in [5.74, 6) is 0.0443. The lowest BCUT2D eigenvalue weighted by Gasteiger charge is -1.99. The summed E-state index contributed by atoms with van der Waals surface area (Å²) >= 11 is 1.31. The summed E-state index contributed by atoms with van der Waals surface area (Å²) < 4.78 is 5.64. The van der Waals surface area contributed by atoms with Gasteiger partial charge >= 0.3 is 6.09 Å². The van der Waals surface area contributed by atoms with Gasteiger partial charge < -0.3 is 10.5 Å². The summed E-state index contributed by atoms with van der Waals surface area (Å²) in [6.07, 6.45) is 1.19. The summed E-state index contributed by atoms with van der Waals surface area (Å²) in [6, 6.07) is 0. The van der Waals surface area contributed by atoms with E-state index in [1.165, 1.54) is 11.8 Å². The van der Waals surface area contributed by atoms with Crippen LogP contribution in [0.3, 0.4) is 0 Å². The van der Waals surface area contributed by atoms with E-state index in [2.05, 4.69) is 10.1 Å². The smallest absolute Gasteiger partial charge is 0.438 e. The van der Waals surface area contributed by atoms with Gasteiger partial charge in [-0.1, -0.05) is 11.8 Å². The molecule has 72 valence electrons. The molecule has 0 saturated carbocycles. The van der Waals surface area contributed by atoms with E-state index in [0.29, 0.717) is 5.16 Å². The molecule has 1 aromatic rings. The van der Waals surface area contributed by atoms with Crippen LogP contribution in [0.15, 0.2) is 5.16 Å². The van der Waals surface area contributed by atoms with E-state index in [9.17, 15) is 4.79 Å². The van der Waals surface area contributed by atoms with Gasteiger partial charge in [-0.05, 0) is 13.2 Å². The van der Waals surface area contributed by atoms with Crippen LogP contribution in [-0.4, -0.2) is 33.7 Å². The van der Waals surface area contributed by atoms with Crippen LogP contribution in [0.1, 0.15) is 6.92 Å². The van der Waals surface area contributed by atoms with Crippen LogP contribution in [0.4, 0.5) is 10.7 Å². The molecule has 6 nitrogen and oxygen atoms in total. The maximum Gasteiger partial charge on any atom is 0.438 e. The first-order chi connectivity index (χ1) is 6.19. The topological polar surface area (TPSA) is 83.0 Å². The van der Waals surface area contributed by atoms with E-state index in [1.54, 1.807) is 13.2 Å². The predicted octanol–water partition coefficient (Wildman–Crippen LogP) is 0.587. The second-order valence-electron chi connectivity index (χ2n) is 2.07. The van der Waals surface area contributed by atoms with Crippen LogP contribution in [-0.2, 0) is 4.74 Å². The Kier molecular flexibility index (Phi) is 3.13. The number of carbonyl (C=O) groups excluding carboxylic acids is 1. The Labute approximate surface area is 79.5 Å². The monoisotopic (exact) mass is 202 g/mol. The normalized spacial score (nSPS) is 10.0. The predicted molar refractivity (Wildman–Crippen MR) is 48.6 cm³/mol. The zero-order chi connectivity index (χ0) is 9.84. The minimum atomic E-state index is -0.604. The molecule has 0 aliphatic heterocycles. The second kappa shape index (κ2) is 4.13. The standard InChI is InChI=1S/C6H10N4O2S/c1-3-12-6(11)10-4(7)8-5(9-10)13-2/h3H2,1-2H3,(H2,7,8,9). The minimum absolute atomic E-state index is 0.0443. The van der Waals surface area contributed by atoms with Crippen molar-refractivity contribution in [3.05, 3.63) is 0 Å². The molecule has 0 fully saturated rings. The molecule has 0 amide bonds. The van der Waals surface area contributed by atoms with E-state index < -0.39 is 6.09 Å². The number of hydrogen-bond acceptors (Lipinski definition) is 6. The number of nitrogens with two attached hydrogens (primary N) is 1. The average molecular weight is 202 g/mol. The van der Waals surface area contributed by atoms with Crippen molar-refractivity contribution in [2.45, 2.75) is 12.1 Å². The van der Waals surface area contributed by atoms with Crippen molar-refractivity contribution >= 4 is 23.8 Å². The van der Waals surface area contributed by atoms with Crippen molar-refractivity contribution in [2.24, 2.45) is 0 Å². The van der Waals surface area contributed by atoms with Gasteiger partial charge in [0.05, 0.1) is 6.61 Å². The summed E-state index contributed by atoms with van der Waals surface area (Å²) in [5.41, 5.74) is 5.42. The first-order valence-corrected chi connectivity index (χ1v) is 4.85. The lowest BCUT2D eigenvalue weighted by atomic mass is 10.8. The Hall–Kier alpha value is -1.24. The molecule has 1 rings (SSSR count). The highest BCUT2D eigenvalue weighted by molar-refractivity contribution is 7.98. The second-order valence-corrected chi connectivity index (χ2v) is 2.84. The summed E-state index contributed by atoms with van der Waals surface area (Å²) in [7, 11) is 0. The Morgan fingerprint density at radius 3 is 2.92 bits per heavy atom. The highest BCUT2D eigenvalue weighted by Gasteiger charge is 2.13. The van der Waals surface area contributed by atoms with E-state index in [1.807, 2.05) is 0 Å². The van der Waals surface area contributed by atoms with E-state index in [-0.39, 0.29) is 12.6 Å². The summed E-state index contributed by atoms with van der Waals surface area (Å²) in [4.78, 5) is 15.0. The number of carbonyl (C=O) groups is 1. The molecule has 0 aliphatic rings. The molecular formula is C6H10N4O2S. The minimum Gasteiger partial charge on any atom is -0.448 e. The average Bonchev–Trinajstić information content (AvgIpc) is 2.47. The molecule has 0 atom stereocenters. The van der Waals surface area contributed by atoms with E-state index in [0.717, 1.165) is 4.68 Å². The number of nitrogen functional groups attached to an aromatic ring is 1. The Morgan fingerprint density at radius 2 is 2.46 bits per heavy atom. The molecule has 0 bridgehead atoms. The highest BCUT2D eigenvalue weighted by Crippen LogP contribution is 2.10. The van der Waals surface area contributed by atoms with Crippen molar-refractivity contribution in [1.82, 2.24) is 14.8 Å². The Balaban J connectivity index is 2.87. The summed E-state index contributed by atoms with van der Waals surface area (Å²) in [5, 5.41) is 4.27. The van der Waals surface area contributed by atoms with Crippen LogP contribution >= 0.6 is 11.8 Å². The van der Waals surface area contributed by atoms with Gasteiger partial charge in [-0.2, -0.15) is 4.98 Å². The van der Waals surface area contributed by atoms with Gasteiger partial charge in [-0.3, -0.25) is 0 Å². The molecule has 0 aliphatic carbocycles. The lowest BCUT2D eigenvalue weighted by Crippen LogP contribution is -2.17. The fourth-order valence-corrected chi connectivity index (χ4v) is 1.06. The number of hydrogen-bond donors (Lipinski definition) is 1. The SMILES string of the molecule is CCOC(=O)n1nc(SC)nc1N. The molecule has 0 spiro atoms. The van der Waals surface area contributed by atoms with Gasteiger partial charge in [-0.15, -0.1) is 9.78 Å². The molecule has 7 heteroatoms. The Bertz CT molecular complexity index is 312. The van der Waals surface area contributed by atoms with Crippen molar-refractivity contribution < 1.29 is 9.53 Å². The highest BCUT2D eigenvalue weighted by atomic mass is 32.2. The third-order valence-electron chi connectivity index (χ3n) is 1.24. The molecule has 0 unspecified atom stereocenters. The largest absolute Gasteiger partial charge is 0.448 e. The van der Waals surface area contributed by atoms with Crippen LogP contribution in [0.25, 0.3) is 0 Å². The maximum atomic E-state index is 11.1. The third kappa shape index (κ3) is 2.11. The van der Waals surface area contributed by atoms with Crippen LogP contribution in [0.5, 0.6) is 0 Å². The lowest BCUT2D eigenvalue weighted by molar-refractivity contribution is 0.150. The van der Waals surface area contributed by atoms with Crippen LogP contribution in [0.2, 0.25) is 0 Å². The van der Waals surface area contributed by atoms with Crippen LogP contribution in [0, 0.1) is 0 Å². The van der Waals surface area contributed by atoms with Gasteiger partial charge in [0, 0.05) is 0 Å². The fraction of sp³-hybridized carbons (Fsp3) is 0.500. The summed E-state index contributed by atoms with van der Waals surface area (Å²) in [6.45, 7) is 1.99. The fourth-order valence-electron chi connectivity index (χ4n) is 0.710. The molecule has 2 N–H and O–H groups in total. The molecule has 13 heavy (non-hydrogen) atoms. The molecule has 1 aromatic heterocycles. The number of ether oxygens (including phenoxy) is 1. The first-order valence-electron chi connectivity index (χ1n) is 3.62. The maximum absolute atomic E-state index is 11.1. The molecule has 0 radical (unpaired) electrons. The molecule has 1 heterocycles. The molecule has 0 saturated heterocycles. The van der Waals surface area contributed by atoms with Gasteiger partial charge in [0.25, 0.3) is 0 Å². The quantitative estimate of drug-likeness (QED) is 0.706. The van der Waals surface area contributed by atoms with Crippen molar-refractivity contribution in [2.75, 3.05) is 18.6 Å². The zero-order valence-electron chi connectivity index (χ0n) is 7.35. The van der Waals surface area contributed by atoms with Gasteiger partial charge in [-0.25, -0.2) is 4.79 Å². The van der Waals surface area contributed by atoms with Gasteiger partial charge in [0.15, 0.2) is 0 Å². The number of nitrogens with zero attached hydrogens (tertiary/aromatic N) is 3.